The maximum atomic E-state index is 13.0. The zero-order valence-corrected chi connectivity index (χ0v) is 16.7. The Balaban J connectivity index is 1.24. The van der Waals surface area contributed by atoms with Crippen LogP contribution in [0.25, 0.3) is 0 Å². The van der Waals surface area contributed by atoms with Crippen molar-refractivity contribution in [1.29, 1.82) is 0 Å². The molecule has 6 heteroatoms. The summed E-state index contributed by atoms with van der Waals surface area (Å²) in [6.45, 7) is 5.45. The Hall–Kier alpha value is -1.92. The van der Waals surface area contributed by atoms with Crippen LogP contribution < -0.4 is 5.32 Å². The van der Waals surface area contributed by atoms with Crippen LogP contribution in [0.3, 0.4) is 0 Å². The highest BCUT2D eigenvalue weighted by Crippen LogP contribution is 2.28. The van der Waals surface area contributed by atoms with Crippen LogP contribution >= 0.6 is 0 Å². The predicted molar refractivity (Wildman–Crippen MR) is 107 cm³/mol. The number of carbonyl (C=O) groups excluding carboxylic acids is 2. The van der Waals surface area contributed by atoms with Crippen molar-refractivity contribution in [2.75, 3.05) is 32.8 Å². The van der Waals surface area contributed by atoms with Crippen LogP contribution in [-0.4, -0.2) is 66.2 Å². The van der Waals surface area contributed by atoms with Gasteiger partial charge in [0.25, 0.3) is 0 Å². The fourth-order valence-corrected chi connectivity index (χ4v) is 4.80. The molecule has 1 spiro atoms. The molecule has 3 heterocycles. The Morgan fingerprint density at radius 1 is 1.18 bits per heavy atom. The first kappa shape index (κ1) is 19.4. The van der Waals surface area contributed by atoms with Crippen molar-refractivity contribution in [1.82, 2.24) is 15.1 Å². The van der Waals surface area contributed by atoms with Gasteiger partial charge in [-0.2, -0.15) is 0 Å². The number of ether oxygens (including phenoxy) is 1. The molecular weight excluding hydrogens is 354 g/mol. The summed E-state index contributed by atoms with van der Waals surface area (Å²) >= 11 is 0. The average molecular weight is 386 g/mol. The molecular formula is C22H31N3O3. The molecule has 1 N–H and O–H groups in total. The van der Waals surface area contributed by atoms with Crippen molar-refractivity contribution in [2.45, 2.75) is 50.8 Å². The van der Waals surface area contributed by atoms with E-state index in [0.717, 1.165) is 32.4 Å². The number of nitrogens with one attached hydrogen (secondary N) is 1. The quantitative estimate of drug-likeness (QED) is 0.859. The van der Waals surface area contributed by atoms with E-state index in [9.17, 15) is 9.59 Å². The van der Waals surface area contributed by atoms with Crippen molar-refractivity contribution in [3.63, 3.8) is 0 Å². The van der Waals surface area contributed by atoms with Gasteiger partial charge < -0.3 is 15.0 Å². The number of hydrogen-bond donors (Lipinski definition) is 1. The molecule has 3 fully saturated rings. The highest BCUT2D eigenvalue weighted by molar-refractivity contribution is 5.82. The molecule has 1 unspecified atom stereocenters. The van der Waals surface area contributed by atoms with Gasteiger partial charge in [-0.05, 0) is 50.8 Å². The standard InChI is InChI=1S/C22H31N3O3/c1-17(21(27)25-13-9-22(10-14-25)23-20(26)16-28-22)24-11-7-19(8-12-24)15-18-5-3-2-4-6-18/h2-6,17,19H,7-16H2,1H3,(H,23,26). The molecule has 1 aromatic carbocycles. The minimum atomic E-state index is -0.535. The molecule has 0 bridgehead atoms. The molecule has 0 aliphatic carbocycles. The van der Waals surface area contributed by atoms with Gasteiger partial charge in [0.15, 0.2) is 0 Å². The summed E-state index contributed by atoms with van der Waals surface area (Å²) < 4.78 is 5.65. The van der Waals surface area contributed by atoms with Crippen LogP contribution in [0.1, 0.15) is 38.2 Å². The van der Waals surface area contributed by atoms with E-state index in [1.54, 1.807) is 0 Å². The summed E-state index contributed by atoms with van der Waals surface area (Å²) in [7, 11) is 0. The minimum absolute atomic E-state index is 0.0495. The highest BCUT2D eigenvalue weighted by Gasteiger charge is 2.43. The normalized spacial score (nSPS) is 24.3. The number of hydrogen-bond acceptors (Lipinski definition) is 4. The molecule has 0 aromatic heterocycles. The summed E-state index contributed by atoms with van der Waals surface area (Å²) in [6.07, 6.45) is 4.79. The molecule has 3 saturated heterocycles. The Bertz CT molecular complexity index is 692. The fraction of sp³-hybridized carbons (Fsp3) is 0.636. The van der Waals surface area contributed by atoms with Gasteiger partial charge in [-0.15, -0.1) is 0 Å². The van der Waals surface area contributed by atoms with Gasteiger partial charge in [-0.1, -0.05) is 30.3 Å². The third kappa shape index (κ3) is 4.23. The van der Waals surface area contributed by atoms with Crippen molar-refractivity contribution in [3.8, 4) is 0 Å². The molecule has 1 aromatic rings. The lowest BCUT2D eigenvalue weighted by Crippen LogP contribution is -2.56. The molecule has 152 valence electrons. The second-order valence-corrected chi connectivity index (χ2v) is 8.50. The van der Waals surface area contributed by atoms with E-state index in [1.807, 2.05) is 11.8 Å². The van der Waals surface area contributed by atoms with Crippen LogP contribution in [-0.2, 0) is 20.7 Å². The molecule has 0 radical (unpaired) electrons. The summed E-state index contributed by atoms with van der Waals surface area (Å²) in [5.74, 6) is 0.867. The molecule has 0 saturated carbocycles. The van der Waals surface area contributed by atoms with Gasteiger partial charge in [0, 0.05) is 25.9 Å². The number of amides is 2. The average Bonchev–Trinajstić information content (AvgIpc) is 3.09. The lowest BCUT2D eigenvalue weighted by Gasteiger charge is -2.41. The minimum Gasteiger partial charge on any atom is -0.346 e. The molecule has 4 rings (SSSR count). The smallest absolute Gasteiger partial charge is 0.248 e. The fourth-order valence-electron chi connectivity index (χ4n) is 4.80. The number of likely N-dealkylation sites (tertiary alicyclic amines) is 2. The second kappa shape index (κ2) is 8.21. The SMILES string of the molecule is CC(C(=O)N1CCC2(CC1)NC(=O)CO2)N1CCC(Cc2ccccc2)CC1. The maximum Gasteiger partial charge on any atom is 0.248 e. The van der Waals surface area contributed by atoms with Gasteiger partial charge in [0.1, 0.15) is 12.3 Å². The van der Waals surface area contributed by atoms with Gasteiger partial charge in [-0.3, -0.25) is 14.5 Å². The molecule has 6 nitrogen and oxygen atoms in total. The van der Waals surface area contributed by atoms with E-state index < -0.39 is 5.72 Å². The van der Waals surface area contributed by atoms with Gasteiger partial charge in [0.05, 0.1) is 6.04 Å². The van der Waals surface area contributed by atoms with Crippen LogP contribution in [0.2, 0.25) is 0 Å². The summed E-state index contributed by atoms with van der Waals surface area (Å²) in [6, 6.07) is 10.6. The molecule has 2 amide bonds. The van der Waals surface area contributed by atoms with E-state index in [4.69, 9.17) is 4.74 Å². The van der Waals surface area contributed by atoms with E-state index in [0.29, 0.717) is 31.8 Å². The monoisotopic (exact) mass is 385 g/mol. The molecule has 28 heavy (non-hydrogen) atoms. The lowest BCUT2D eigenvalue weighted by molar-refractivity contribution is -0.142. The number of carbonyl (C=O) groups is 2. The summed E-state index contributed by atoms with van der Waals surface area (Å²) in [4.78, 5) is 28.7. The predicted octanol–water partition coefficient (Wildman–Crippen LogP) is 1.79. The van der Waals surface area contributed by atoms with Crippen LogP contribution in [0, 0.1) is 5.92 Å². The summed E-state index contributed by atoms with van der Waals surface area (Å²) in [5.41, 5.74) is 0.876. The first-order valence-electron chi connectivity index (χ1n) is 10.6. The Kier molecular flexibility index (Phi) is 5.69. The van der Waals surface area contributed by atoms with E-state index >= 15 is 0 Å². The van der Waals surface area contributed by atoms with Crippen molar-refractivity contribution >= 4 is 11.8 Å². The Morgan fingerprint density at radius 2 is 1.86 bits per heavy atom. The third-order valence-corrected chi connectivity index (χ3v) is 6.65. The van der Waals surface area contributed by atoms with Gasteiger partial charge in [-0.25, -0.2) is 0 Å². The van der Waals surface area contributed by atoms with Crippen molar-refractivity contribution in [2.24, 2.45) is 5.92 Å². The maximum absolute atomic E-state index is 13.0. The van der Waals surface area contributed by atoms with E-state index in [1.165, 1.54) is 5.56 Å². The van der Waals surface area contributed by atoms with Crippen LogP contribution in [0.5, 0.6) is 0 Å². The van der Waals surface area contributed by atoms with Gasteiger partial charge >= 0.3 is 0 Å². The Labute approximate surface area is 167 Å². The third-order valence-electron chi connectivity index (χ3n) is 6.65. The number of piperidine rings is 2. The van der Waals surface area contributed by atoms with Crippen LogP contribution in [0.15, 0.2) is 30.3 Å². The number of benzene rings is 1. The van der Waals surface area contributed by atoms with E-state index in [-0.39, 0.29) is 24.5 Å². The topological polar surface area (TPSA) is 61.9 Å². The summed E-state index contributed by atoms with van der Waals surface area (Å²) in [5, 5.41) is 2.94. The first-order chi connectivity index (χ1) is 13.5. The lowest BCUT2D eigenvalue weighted by atomic mass is 9.89. The van der Waals surface area contributed by atoms with Crippen molar-refractivity contribution < 1.29 is 14.3 Å². The molecule has 3 aliphatic rings. The second-order valence-electron chi connectivity index (χ2n) is 8.50. The van der Waals surface area contributed by atoms with Crippen LogP contribution in [0.4, 0.5) is 0 Å². The molecule has 3 aliphatic heterocycles. The highest BCUT2D eigenvalue weighted by atomic mass is 16.5. The first-order valence-corrected chi connectivity index (χ1v) is 10.6. The molecule has 1 atom stereocenters. The van der Waals surface area contributed by atoms with Gasteiger partial charge in [0.2, 0.25) is 11.8 Å². The zero-order chi connectivity index (χ0) is 19.6. The Morgan fingerprint density at radius 3 is 2.46 bits per heavy atom. The number of rotatable bonds is 4. The number of nitrogens with zero attached hydrogens (tertiary/aromatic N) is 2. The van der Waals surface area contributed by atoms with Crippen molar-refractivity contribution in [3.05, 3.63) is 35.9 Å². The largest absolute Gasteiger partial charge is 0.346 e. The van der Waals surface area contributed by atoms with E-state index in [2.05, 4.69) is 40.5 Å². The zero-order valence-electron chi connectivity index (χ0n) is 16.7.